The Kier molecular flexibility index (Phi) is 4.40. The van der Waals surface area contributed by atoms with Gasteiger partial charge in [0, 0.05) is 18.4 Å². The first kappa shape index (κ1) is 14.3. The fraction of sp³-hybridized carbons (Fsp3) is 0.733. The number of rotatable bonds is 3. The van der Waals surface area contributed by atoms with Crippen molar-refractivity contribution in [3.05, 3.63) is 27.4 Å². The predicted molar refractivity (Wildman–Crippen MR) is 75.4 cm³/mol. The molecule has 1 N–H and O–H groups in total. The van der Waals surface area contributed by atoms with Crippen molar-refractivity contribution in [1.29, 1.82) is 0 Å². The van der Waals surface area contributed by atoms with Crippen LogP contribution >= 0.6 is 0 Å². The lowest BCUT2D eigenvalue weighted by atomic mass is 9.92. The summed E-state index contributed by atoms with van der Waals surface area (Å²) in [6, 6.07) is 0. The van der Waals surface area contributed by atoms with Gasteiger partial charge in [-0.2, -0.15) is 0 Å². The Morgan fingerprint density at radius 2 is 1.89 bits per heavy atom. The number of ether oxygens (including phenoxy) is 1. The topological polar surface area (TPSA) is 55.0 Å². The van der Waals surface area contributed by atoms with Crippen LogP contribution < -0.4 is 5.56 Å². The number of nitrogens with zero attached hydrogens (tertiary/aromatic N) is 1. The summed E-state index contributed by atoms with van der Waals surface area (Å²) in [5.41, 5.74) is 1.21. The minimum atomic E-state index is -0.396. The monoisotopic (exact) mass is 264 g/mol. The van der Waals surface area contributed by atoms with Gasteiger partial charge in [0.1, 0.15) is 11.4 Å². The third kappa shape index (κ3) is 2.73. The van der Waals surface area contributed by atoms with Gasteiger partial charge in [-0.05, 0) is 26.2 Å². The van der Waals surface area contributed by atoms with Crippen LogP contribution in [-0.4, -0.2) is 17.1 Å². The molecule has 1 aromatic heterocycles. The fourth-order valence-corrected chi connectivity index (χ4v) is 3.08. The zero-order valence-electron chi connectivity index (χ0n) is 12.2. The Morgan fingerprint density at radius 1 is 1.26 bits per heavy atom. The van der Waals surface area contributed by atoms with Crippen molar-refractivity contribution in [3.8, 4) is 0 Å². The first-order valence-electron chi connectivity index (χ1n) is 7.28. The van der Waals surface area contributed by atoms with Gasteiger partial charge in [-0.25, -0.2) is 4.98 Å². The highest BCUT2D eigenvalue weighted by Gasteiger charge is 2.35. The molecular formula is C15H24N2O2. The molecule has 1 aromatic rings. The van der Waals surface area contributed by atoms with Crippen molar-refractivity contribution in [2.24, 2.45) is 0 Å². The molecule has 0 saturated heterocycles. The Balaban J connectivity index is 2.46. The van der Waals surface area contributed by atoms with E-state index in [1.807, 2.05) is 13.8 Å². The van der Waals surface area contributed by atoms with Crippen LogP contribution in [0.15, 0.2) is 4.79 Å². The summed E-state index contributed by atoms with van der Waals surface area (Å²) in [6.45, 7) is 3.90. The third-order valence-electron chi connectivity index (χ3n) is 4.31. The molecule has 4 nitrogen and oxygen atoms in total. The van der Waals surface area contributed by atoms with Gasteiger partial charge in [0.15, 0.2) is 0 Å². The number of aryl methyl sites for hydroxylation is 1. The number of aromatic nitrogens is 2. The van der Waals surface area contributed by atoms with Gasteiger partial charge in [0.05, 0.1) is 0 Å². The molecule has 1 fully saturated rings. The van der Waals surface area contributed by atoms with Crippen molar-refractivity contribution in [2.75, 3.05) is 7.11 Å². The van der Waals surface area contributed by atoms with Crippen LogP contribution in [0.3, 0.4) is 0 Å². The Hall–Kier alpha value is -1.16. The molecule has 0 spiro atoms. The first-order valence-corrected chi connectivity index (χ1v) is 7.28. The van der Waals surface area contributed by atoms with E-state index in [1.54, 1.807) is 7.11 Å². The zero-order chi connectivity index (χ0) is 13.9. The van der Waals surface area contributed by atoms with Crippen molar-refractivity contribution in [2.45, 2.75) is 64.4 Å². The van der Waals surface area contributed by atoms with E-state index in [9.17, 15) is 4.79 Å². The molecule has 106 valence electrons. The molecule has 0 bridgehead atoms. The molecule has 0 amide bonds. The van der Waals surface area contributed by atoms with E-state index in [0.717, 1.165) is 42.8 Å². The first-order chi connectivity index (χ1) is 9.13. The van der Waals surface area contributed by atoms with Gasteiger partial charge in [-0.3, -0.25) is 4.79 Å². The van der Waals surface area contributed by atoms with Crippen LogP contribution in [0.4, 0.5) is 0 Å². The summed E-state index contributed by atoms with van der Waals surface area (Å²) in [5, 5.41) is 0. The highest BCUT2D eigenvalue weighted by molar-refractivity contribution is 5.18. The Labute approximate surface area is 114 Å². The van der Waals surface area contributed by atoms with E-state index in [0.29, 0.717) is 6.42 Å². The molecule has 1 heterocycles. The standard InChI is InChI=1S/C15H24N2O2/c1-4-12-11(2)16-14(17-13(12)18)15(19-3)9-7-5-6-8-10-15/h4-10H2,1-3H3,(H,16,17,18). The summed E-state index contributed by atoms with van der Waals surface area (Å²) in [6.07, 6.45) is 7.34. The van der Waals surface area contributed by atoms with Gasteiger partial charge in [0.2, 0.25) is 0 Å². The average Bonchev–Trinajstić information content (AvgIpc) is 2.64. The molecule has 4 heteroatoms. The van der Waals surface area contributed by atoms with E-state index in [-0.39, 0.29) is 5.56 Å². The summed E-state index contributed by atoms with van der Waals surface area (Å²) in [7, 11) is 1.73. The maximum atomic E-state index is 12.1. The lowest BCUT2D eigenvalue weighted by Gasteiger charge is -2.30. The maximum absolute atomic E-state index is 12.1. The summed E-state index contributed by atoms with van der Waals surface area (Å²) < 4.78 is 5.80. The van der Waals surface area contributed by atoms with Crippen LogP contribution in [0.2, 0.25) is 0 Å². The molecule has 2 rings (SSSR count). The number of hydrogen-bond acceptors (Lipinski definition) is 3. The van der Waals surface area contributed by atoms with Gasteiger partial charge >= 0.3 is 0 Å². The second-order valence-corrected chi connectivity index (χ2v) is 5.44. The van der Waals surface area contributed by atoms with Crippen molar-refractivity contribution < 1.29 is 4.74 Å². The van der Waals surface area contributed by atoms with E-state index in [4.69, 9.17) is 4.74 Å². The van der Waals surface area contributed by atoms with Crippen molar-refractivity contribution >= 4 is 0 Å². The summed E-state index contributed by atoms with van der Waals surface area (Å²) in [4.78, 5) is 19.7. The van der Waals surface area contributed by atoms with E-state index in [2.05, 4.69) is 9.97 Å². The Morgan fingerprint density at radius 3 is 2.37 bits per heavy atom. The number of H-pyrrole nitrogens is 1. The Bertz CT molecular complexity index is 485. The van der Waals surface area contributed by atoms with Crippen molar-refractivity contribution in [1.82, 2.24) is 9.97 Å². The van der Waals surface area contributed by atoms with E-state index >= 15 is 0 Å². The normalized spacial score (nSPS) is 19.1. The molecule has 0 unspecified atom stereocenters. The number of nitrogens with one attached hydrogen (secondary N) is 1. The molecule has 1 aliphatic rings. The van der Waals surface area contributed by atoms with Gasteiger partial charge in [-0.1, -0.05) is 32.6 Å². The maximum Gasteiger partial charge on any atom is 0.254 e. The van der Waals surface area contributed by atoms with Gasteiger partial charge in [-0.15, -0.1) is 0 Å². The average molecular weight is 264 g/mol. The highest BCUT2D eigenvalue weighted by Crippen LogP contribution is 2.36. The number of hydrogen-bond donors (Lipinski definition) is 1. The molecule has 1 aliphatic carbocycles. The molecule has 0 aliphatic heterocycles. The molecule has 1 saturated carbocycles. The SMILES string of the molecule is CCc1c(C)nc(C2(OC)CCCCCC2)[nH]c1=O. The lowest BCUT2D eigenvalue weighted by molar-refractivity contribution is -0.0355. The quantitative estimate of drug-likeness (QED) is 0.854. The van der Waals surface area contributed by atoms with Crippen LogP contribution in [0.5, 0.6) is 0 Å². The fourth-order valence-electron chi connectivity index (χ4n) is 3.08. The smallest absolute Gasteiger partial charge is 0.254 e. The van der Waals surface area contributed by atoms with Crippen molar-refractivity contribution in [3.63, 3.8) is 0 Å². The van der Waals surface area contributed by atoms with Crippen LogP contribution in [-0.2, 0) is 16.8 Å². The highest BCUT2D eigenvalue weighted by atomic mass is 16.5. The minimum Gasteiger partial charge on any atom is -0.370 e. The zero-order valence-corrected chi connectivity index (χ0v) is 12.2. The second-order valence-electron chi connectivity index (χ2n) is 5.44. The number of methoxy groups -OCH3 is 1. The van der Waals surface area contributed by atoms with Crippen LogP contribution in [0, 0.1) is 6.92 Å². The second kappa shape index (κ2) is 5.87. The molecule has 0 radical (unpaired) electrons. The molecular weight excluding hydrogens is 240 g/mol. The van der Waals surface area contributed by atoms with Crippen LogP contribution in [0.25, 0.3) is 0 Å². The van der Waals surface area contributed by atoms with E-state index in [1.165, 1.54) is 12.8 Å². The third-order valence-corrected chi connectivity index (χ3v) is 4.31. The summed E-state index contributed by atoms with van der Waals surface area (Å²) >= 11 is 0. The largest absolute Gasteiger partial charge is 0.370 e. The predicted octanol–water partition coefficient (Wildman–Crippen LogP) is 2.84. The minimum absolute atomic E-state index is 0.00864. The summed E-state index contributed by atoms with van der Waals surface area (Å²) in [5.74, 6) is 0.719. The van der Waals surface area contributed by atoms with E-state index < -0.39 is 5.60 Å². The molecule has 19 heavy (non-hydrogen) atoms. The molecule has 0 aromatic carbocycles. The van der Waals surface area contributed by atoms with Gasteiger partial charge < -0.3 is 9.72 Å². The lowest BCUT2D eigenvalue weighted by Crippen LogP contribution is -2.34. The van der Waals surface area contributed by atoms with Gasteiger partial charge in [0.25, 0.3) is 5.56 Å². The molecule has 0 atom stereocenters. The number of aromatic amines is 1. The van der Waals surface area contributed by atoms with Crippen LogP contribution in [0.1, 0.15) is 62.5 Å².